The number of nitrogens with one attached hydrogen (secondary N) is 1. The van der Waals surface area contributed by atoms with Crippen molar-refractivity contribution < 1.29 is 18.7 Å². The standard InChI is InChI=1S/C22H27N3O4/c1-14(2)21(26)25-10-16-8-17(11-25)20(16)7-15-3-5-18(6-4-15)24-22(27)28-12-19-9-23-13-29-19/h3-6,9,13-14,16-17,20H,7-8,10-12H2,1-2H3,(H,24,27). The third-order valence-electron chi connectivity index (χ3n) is 6.03. The molecule has 7 nitrogen and oxygen atoms in total. The number of anilines is 1. The highest BCUT2D eigenvalue weighted by Crippen LogP contribution is 2.47. The normalized spacial score (nSPS) is 22.9. The summed E-state index contributed by atoms with van der Waals surface area (Å²) in [7, 11) is 0. The molecule has 2 aliphatic heterocycles. The second-order valence-electron chi connectivity index (χ2n) is 8.39. The predicted molar refractivity (Wildman–Crippen MR) is 107 cm³/mol. The summed E-state index contributed by atoms with van der Waals surface area (Å²) in [6.45, 7) is 5.79. The summed E-state index contributed by atoms with van der Waals surface area (Å²) in [6.07, 6.45) is 4.54. The van der Waals surface area contributed by atoms with Gasteiger partial charge in [0.15, 0.2) is 18.8 Å². The highest BCUT2D eigenvalue weighted by Gasteiger charge is 2.47. The van der Waals surface area contributed by atoms with E-state index in [4.69, 9.17) is 9.15 Å². The molecule has 3 fully saturated rings. The van der Waals surface area contributed by atoms with Crippen LogP contribution in [0.15, 0.2) is 41.3 Å². The first-order valence-electron chi connectivity index (χ1n) is 10.2. The zero-order valence-electron chi connectivity index (χ0n) is 16.8. The van der Waals surface area contributed by atoms with Gasteiger partial charge >= 0.3 is 6.09 Å². The molecular formula is C22H27N3O4. The SMILES string of the molecule is CC(C)C(=O)N1CC2CC(C1)C2Cc1ccc(NC(=O)OCc2cnco2)cc1. The number of piperidine rings is 2. The smallest absolute Gasteiger partial charge is 0.412 e. The van der Waals surface area contributed by atoms with Gasteiger partial charge in [0.25, 0.3) is 0 Å². The van der Waals surface area contributed by atoms with Crippen molar-refractivity contribution in [3.05, 3.63) is 48.2 Å². The molecule has 2 unspecified atom stereocenters. The van der Waals surface area contributed by atoms with Gasteiger partial charge in [0, 0.05) is 24.7 Å². The first-order chi connectivity index (χ1) is 14.0. The monoisotopic (exact) mass is 397 g/mol. The van der Waals surface area contributed by atoms with E-state index in [0.29, 0.717) is 29.2 Å². The molecule has 1 saturated carbocycles. The van der Waals surface area contributed by atoms with Gasteiger partial charge in [-0.1, -0.05) is 26.0 Å². The van der Waals surface area contributed by atoms with Crippen LogP contribution in [0.2, 0.25) is 0 Å². The van der Waals surface area contributed by atoms with Crippen LogP contribution in [0.3, 0.4) is 0 Å². The highest BCUT2D eigenvalue weighted by atomic mass is 16.6. The van der Waals surface area contributed by atoms with Crippen LogP contribution >= 0.6 is 0 Å². The molecular weight excluding hydrogens is 370 g/mol. The molecule has 2 amide bonds. The Kier molecular flexibility index (Phi) is 5.56. The molecule has 1 aromatic carbocycles. The molecule has 2 aromatic rings. The van der Waals surface area contributed by atoms with Crippen molar-refractivity contribution in [2.24, 2.45) is 23.7 Å². The van der Waals surface area contributed by atoms with E-state index in [1.807, 2.05) is 26.0 Å². The second kappa shape index (κ2) is 8.27. The number of amides is 2. The predicted octanol–water partition coefficient (Wildman–Crippen LogP) is 3.72. The first-order valence-corrected chi connectivity index (χ1v) is 10.2. The lowest BCUT2D eigenvalue weighted by Crippen LogP contribution is -2.57. The molecule has 3 aliphatic rings. The van der Waals surface area contributed by atoms with Crippen LogP contribution in [0.5, 0.6) is 0 Å². The fourth-order valence-electron chi connectivity index (χ4n) is 4.47. The molecule has 5 rings (SSSR count). The van der Waals surface area contributed by atoms with E-state index in [2.05, 4.69) is 27.3 Å². The van der Waals surface area contributed by atoms with Gasteiger partial charge in [0.05, 0.1) is 6.20 Å². The zero-order valence-corrected chi connectivity index (χ0v) is 16.8. The molecule has 0 radical (unpaired) electrons. The summed E-state index contributed by atoms with van der Waals surface area (Å²) in [5.74, 6) is 2.73. The van der Waals surface area contributed by atoms with Gasteiger partial charge in [-0.2, -0.15) is 0 Å². The fraction of sp³-hybridized carbons (Fsp3) is 0.500. The minimum Gasteiger partial charge on any atom is -0.445 e. The van der Waals surface area contributed by atoms with E-state index in [0.717, 1.165) is 19.5 Å². The molecule has 1 N–H and O–H groups in total. The first kappa shape index (κ1) is 19.5. The van der Waals surface area contributed by atoms with E-state index >= 15 is 0 Å². The number of fused-ring (bicyclic) bond motifs is 2. The highest BCUT2D eigenvalue weighted by molar-refractivity contribution is 5.84. The number of aromatic nitrogens is 1. The van der Waals surface area contributed by atoms with Crippen LogP contribution in [-0.2, 0) is 22.6 Å². The van der Waals surface area contributed by atoms with Crippen LogP contribution in [0.25, 0.3) is 0 Å². The van der Waals surface area contributed by atoms with Gasteiger partial charge in [-0.15, -0.1) is 0 Å². The van der Waals surface area contributed by atoms with Gasteiger partial charge in [0.1, 0.15) is 0 Å². The lowest BCUT2D eigenvalue weighted by molar-refractivity contribution is -0.145. The van der Waals surface area contributed by atoms with Gasteiger partial charge < -0.3 is 14.1 Å². The number of carbonyl (C=O) groups is 2. The Morgan fingerprint density at radius 2 is 1.97 bits per heavy atom. The van der Waals surface area contributed by atoms with Crippen molar-refractivity contribution in [2.45, 2.75) is 33.3 Å². The molecule has 7 heteroatoms. The van der Waals surface area contributed by atoms with Crippen molar-refractivity contribution in [2.75, 3.05) is 18.4 Å². The summed E-state index contributed by atoms with van der Waals surface area (Å²) in [5, 5.41) is 2.71. The topological polar surface area (TPSA) is 84.7 Å². The maximum absolute atomic E-state index is 12.2. The quantitative estimate of drug-likeness (QED) is 0.803. The maximum atomic E-state index is 12.2. The third-order valence-corrected chi connectivity index (χ3v) is 6.03. The van der Waals surface area contributed by atoms with Crippen LogP contribution in [0.1, 0.15) is 31.6 Å². The van der Waals surface area contributed by atoms with Gasteiger partial charge in [0.2, 0.25) is 5.91 Å². The summed E-state index contributed by atoms with van der Waals surface area (Å²) < 4.78 is 10.1. The zero-order chi connectivity index (χ0) is 20.4. The molecule has 29 heavy (non-hydrogen) atoms. The average Bonchev–Trinajstić information content (AvgIpc) is 3.24. The minimum absolute atomic E-state index is 0.0463. The van der Waals surface area contributed by atoms with Gasteiger partial charge in [-0.05, 0) is 48.3 Å². The van der Waals surface area contributed by atoms with Crippen LogP contribution < -0.4 is 5.32 Å². The Morgan fingerprint density at radius 1 is 1.24 bits per heavy atom. The van der Waals surface area contributed by atoms with Crippen LogP contribution in [0, 0.1) is 23.7 Å². The molecule has 3 heterocycles. The summed E-state index contributed by atoms with van der Waals surface area (Å²) in [5.41, 5.74) is 1.95. The lowest BCUT2D eigenvalue weighted by Gasteiger charge is -2.54. The molecule has 0 spiro atoms. The molecule has 154 valence electrons. The lowest BCUT2D eigenvalue weighted by atomic mass is 9.59. The van der Waals surface area contributed by atoms with E-state index in [1.165, 1.54) is 24.6 Å². The largest absolute Gasteiger partial charge is 0.445 e. The number of benzene rings is 1. The van der Waals surface area contributed by atoms with Crippen molar-refractivity contribution in [1.29, 1.82) is 0 Å². The Labute approximate surface area is 170 Å². The van der Waals surface area contributed by atoms with Crippen LogP contribution in [0.4, 0.5) is 10.5 Å². The van der Waals surface area contributed by atoms with Crippen molar-refractivity contribution in [3.8, 4) is 0 Å². The number of hydrogen-bond donors (Lipinski definition) is 1. The Hall–Kier alpha value is -2.83. The third kappa shape index (κ3) is 4.44. The Morgan fingerprint density at radius 3 is 2.59 bits per heavy atom. The number of ether oxygens (including phenoxy) is 1. The Bertz CT molecular complexity index is 835. The van der Waals surface area contributed by atoms with Gasteiger partial charge in [-0.25, -0.2) is 9.78 Å². The molecule has 1 aromatic heterocycles. The Balaban J connectivity index is 1.25. The minimum atomic E-state index is -0.530. The summed E-state index contributed by atoms with van der Waals surface area (Å²) in [6, 6.07) is 7.90. The van der Waals surface area contributed by atoms with Crippen molar-refractivity contribution in [3.63, 3.8) is 0 Å². The molecule has 1 aliphatic carbocycles. The van der Waals surface area contributed by atoms with Crippen LogP contribution in [-0.4, -0.2) is 35.0 Å². The fourth-order valence-corrected chi connectivity index (χ4v) is 4.47. The summed E-state index contributed by atoms with van der Waals surface area (Å²) >= 11 is 0. The summed E-state index contributed by atoms with van der Waals surface area (Å²) in [4.78, 5) is 29.9. The molecule has 2 bridgehead atoms. The number of rotatable bonds is 6. The number of carbonyl (C=O) groups excluding carboxylic acids is 2. The number of oxazole rings is 1. The maximum Gasteiger partial charge on any atom is 0.412 e. The van der Waals surface area contributed by atoms with Gasteiger partial charge in [-0.3, -0.25) is 10.1 Å². The van der Waals surface area contributed by atoms with Crippen molar-refractivity contribution in [1.82, 2.24) is 9.88 Å². The van der Waals surface area contributed by atoms with E-state index < -0.39 is 6.09 Å². The number of hydrogen-bond acceptors (Lipinski definition) is 5. The average molecular weight is 397 g/mol. The van der Waals surface area contributed by atoms with E-state index in [1.54, 1.807) is 0 Å². The molecule has 2 saturated heterocycles. The molecule has 2 atom stereocenters. The second-order valence-corrected chi connectivity index (χ2v) is 8.39. The van der Waals surface area contributed by atoms with Crippen molar-refractivity contribution >= 4 is 17.7 Å². The van der Waals surface area contributed by atoms with E-state index in [-0.39, 0.29) is 18.4 Å². The van der Waals surface area contributed by atoms with E-state index in [9.17, 15) is 9.59 Å². The number of nitrogens with zero attached hydrogens (tertiary/aromatic N) is 2.